The van der Waals surface area contributed by atoms with Crippen LogP contribution >= 0.6 is 0 Å². The smallest absolute Gasteiger partial charge is 0.371 e. The van der Waals surface area contributed by atoms with Gasteiger partial charge < -0.3 is 14.3 Å². The van der Waals surface area contributed by atoms with Crippen molar-refractivity contribution in [3.05, 3.63) is 23.7 Å². The summed E-state index contributed by atoms with van der Waals surface area (Å²) in [6.07, 6.45) is 0.385. The maximum Gasteiger partial charge on any atom is 0.371 e. The van der Waals surface area contributed by atoms with Crippen molar-refractivity contribution < 1.29 is 28.1 Å². The highest BCUT2D eigenvalue weighted by atomic mass is 32.2. The summed E-state index contributed by atoms with van der Waals surface area (Å²) in [5, 5.41) is 8.02. The molecule has 0 fully saturated rings. The molecule has 0 bridgehead atoms. The molecule has 0 aliphatic carbocycles. The lowest BCUT2D eigenvalue weighted by atomic mass is 10.2. The highest BCUT2D eigenvalue weighted by molar-refractivity contribution is 7.85. The number of esters is 1. The second-order valence-electron chi connectivity index (χ2n) is 5.02. The maximum absolute atomic E-state index is 12.2. The van der Waals surface area contributed by atoms with E-state index in [4.69, 9.17) is 14.3 Å². The van der Waals surface area contributed by atoms with E-state index in [1.165, 1.54) is 12.1 Å². The largest absolute Gasteiger partial charge is 0.475 e. The van der Waals surface area contributed by atoms with Crippen molar-refractivity contribution in [2.45, 2.75) is 38.2 Å². The minimum atomic E-state index is -1.51. The molecule has 118 valence electrons. The summed E-state index contributed by atoms with van der Waals surface area (Å²) < 4.78 is 22.4. The van der Waals surface area contributed by atoms with Gasteiger partial charge in [-0.25, -0.2) is 4.79 Å². The molecule has 0 radical (unpaired) electrons. The molecule has 2 unspecified atom stereocenters. The fourth-order valence-corrected chi connectivity index (χ4v) is 2.90. The molecule has 0 aromatic carbocycles. The highest BCUT2D eigenvalue weighted by Gasteiger charge is 2.26. The van der Waals surface area contributed by atoms with Crippen molar-refractivity contribution >= 4 is 22.7 Å². The summed E-state index contributed by atoms with van der Waals surface area (Å²) in [5.41, 5.74) is 0. The average Bonchev–Trinajstić information content (AvgIpc) is 2.85. The summed E-state index contributed by atoms with van der Waals surface area (Å²) in [4.78, 5) is 22.6. The normalized spacial score (nSPS) is 13.9. The van der Waals surface area contributed by atoms with E-state index in [1.807, 2.05) is 13.8 Å². The van der Waals surface area contributed by atoms with Gasteiger partial charge in [0.15, 0.2) is 0 Å². The highest BCUT2D eigenvalue weighted by Crippen LogP contribution is 2.15. The lowest BCUT2D eigenvalue weighted by Gasteiger charge is -2.14. The predicted octanol–water partition coefficient (Wildman–Crippen LogP) is 2.20. The van der Waals surface area contributed by atoms with E-state index in [1.54, 1.807) is 6.92 Å². The topological polar surface area (TPSA) is 93.8 Å². The zero-order chi connectivity index (χ0) is 16.0. The summed E-state index contributed by atoms with van der Waals surface area (Å²) in [5.74, 6) is -1.41. The zero-order valence-corrected chi connectivity index (χ0v) is 13.1. The number of rotatable bonds is 8. The van der Waals surface area contributed by atoms with Crippen molar-refractivity contribution in [2.75, 3.05) is 6.61 Å². The summed E-state index contributed by atoms with van der Waals surface area (Å²) in [6, 6.07) is 2.75. The predicted molar refractivity (Wildman–Crippen MR) is 77.4 cm³/mol. The Morgan fingerprint density at radius 3 is 2.52 bits per heavy atom. The van der Waals surface area contributed by atoms with Gasteiger partial charge in [-0.3, -0.25) is 9.00 Å². The van der Waals surface area contributed by atoms with Gasteiger partial charge >= 0.3 is 11.9 Å². The lowest BCUT2D eigenvalue weighted by Crippen LogP contribution is -2.29. The number of furan rings is 1. The maximum atomic E-state index is 12.2. The van der Waals surface area contributed by atoms with E-state index in [-0.39, 0.29) is 29.8 Å². The number of carboxylic acid groups (broad SMARTS) is 1. The molecule has 1 N–H and O–H groups in total. The molecule has 7 heteroatoms. The molecule has 0 saturated carbocycles. The Morgan fingerprint density at radius 2 is 2.05 bits per heavy atom. The Balaban J connectivity index is 2.65. The van der Waals surface area contributed by atoms with Gasteiger partial charge in [-0.05, 0) is 24.5 Å². The van der Waals surface area contributed by atoms with Crippen molar-refractivity contribution in [1.29, 1.82) is 0 Å². The molecular formula is C14H20O6S. The van der Waals surface area contributed by atoms with Crippen LogP contribution in [0.25, 0.3) is 0 Å². The van der Waals surface area contributed by atoms with Gasteiger partial charge in [0, 0.05) is 10.8 Å². The van der Waals surface area contributed by atoms with Crippen LogP contribution in [0.4, 0.5) is 0 Å². The van der Waals surface area contributed by atoms with Crippen LogP contribution in [0.15, 0.2) is 16.5 Å². The summed E-state index contributed by atoms with van der Waals surface area (Å²) >= 11 is 0. The van der Waals surface area contributed by atoms with Crippen LogP contribution in [0.2, 0.25) is 0 Å². The Hall–Kier alpha value is -1.63. The molecule has 2 atom stereocenters. The molecule has 6 nitrogen and oxygen atoms in total. The molecule has 1 aromatic rings. The van der Waals surface area contributed by atoms with Crippen LogP contribution in [0.3, 0.4) is 0 Å². The van der Waals surface area contributed by atoms with Gasteiger partial charge in [0.05, 0.1) is 12.4 Å². The van der Waals surface area contributed by atoms with Gasteiger partial charge in [-0.2, -0.15) is 0 Å². The minimum absolute atomic E-state index is 0.0113. The molecule has 21 heavy (non-hydrogen) atoms. The molecule has 1 aromatic heterocycles. The number of hydrogen-bond acceptors (Lipinski definition) is 5. The molecule has 0 saturated heterocycles. The third kappa shape index (κ3) is 5.34. The molecular weight excluding hydrogens is 296 g/mol. The molecule has 1 heterocycles. The van der Waals surface area contributed by atoms with Crippen LogP contribution in [0, 0.1) is 5.92 Å². The third-order valence-electron chi connectivity index (χ3n) is 2.67. The Morgan fingerprint density at radius 1 is 1.38 bits per heavy atom. The summed E-state index contributed by atoms with van der Waals surface area (Å²) in [7, 11) is -1.51. The van der Waals surface area contributed by atoms with Gasteiger partial charge in [0.2, 0.25) is 5.76 Å². The number of ether oxygens (including phenoxy) is 1. The molecule has 0 aliphatic rings. The van der Waals surface area contributed by atoms with Crippen LogP contribution in [-0.4, -0.2) is 33.1 Å². The summed E-state index contributed by atoms with van der Waals surface area (Å²) in [6.45, 7) is 5.88. The average molecular weight is 316 g/mol. The first-order chi connectivity index (χ1) is 9.85. The van der Waals surface area contributed by atoms with Gasteiger partial charge in [0.25, 0.3) is 0 Å². The SMILES string of the molecule is CCC(C(=O)OCC(C)C)S(=O)Cc1ccc(C(=O)O)o1. The van der Waals surface area contributed by atoms with Gasteiger partial charge in [0.1, 0.15) is 11.0 Å². The van der Waals surface area contributed by atoms with Crippen molar-refractivity contribution in [1.82, 2.24) is 0 Å². The first-order valence-corrected chi connectivity index (χ1v) is 8.09. The van der Waals surface area contributed by atoms with Crippen molar-refractivity contribution in [3.63, 3.8) is 0 Å². The van der Waals surface area contributed by atoms with Crippen LogP contribution < -0.4 is 0 Å². The second kappa shape index (κ2) is 7.97. The van der Waals surface area contributed by atoms with E-state index >= 15 is 0 Å². The van der Waals surface area contributed by atoms with Crippen LogP contribution in [0.1, 0.15) is 43.5 Å². The number of carboxylic acids is 1. The molecule has 0 amide bonds. The Bertz CT molecular complexity index is 519. The van der Waals surface area contributed by atoms with Gasteiger partial charge in [-0.1, -0.05) is 20.8 Å². The monoisotopic (exact) mass is 316 g/mol. The Labute approximate surface area is 125 Å². The van der Waals surface area contributed by atoms with Crippen LogP contribution in [-0.2, 0) is 26.1 Å². The minimum Gasteiger partial charge on any atom is -0.475 e. The van der Waals surface area contributed by atoms with Crippen LogP contribution in [0.5, 0.6) is 0 Å². The molecule has 1 rings (SSSR count). The number of aromatic carboxylic acids is 1. The van der Waals surface area contributed by atoms with E-state index in [9.17, 15) is 13.8 Å². The Kier molecular flexibility index (Phi) is 6.61. The fourth-order valence-electron chi connectivity index (χ4n) is 1.61. The van der Waals surface area contributed by atoms with E-state index in [0.717, 1.165) is 0 Å². The number of carbonyl (C=O) groups is 2. The lowest BCUT2D eigenvalue weighted by molar-refractivity contribution is -0.144. The van der Waals surface area contributed by atoms with Gasteiger partial charge in [-0.15, -0.1) is 0 Å². The third-order valence-corrected chi connectivity index (χ3v) is 4.40. The second-order valence-corrected chi connectivity index (χ2v) is 6.64. The fraction of sp³-hybridized carbons (Fsp3) is 0.571. The zero-order valence-electron chi connectivity index (χ0n) is 12.3. The van der Waals surface area contributed by atoms with Crippen molar-refractivity contribution in [2.24, 2.45) is 5.92 Å². The van der Waals surface area contributed by atoms with E-state index in [2.05, 4.69) is 0 Å². The number of carbonyl (C=O) groups excluding carboxylic acids is 1. The quantitative estimate of drug-likeness (QED) is 0.739. The number of hydrogen-bond donors (Lipinski definition) is 1. The first kappa shape index (κ1) is 17.4. The van der Waals surface area contributed by atoms with Crippen molar-refractivity contribution in [3.8, 4) is 0 Å². The van der Waals surface area contributed by atoms with E-state index < -0.39 is 28.0 Å². The van der Waals surface area contributed by atoms with E-state index in [0.29, 0.717) is 6.42 Å². The standard InChI is InChI=1S/C14H20O6S/c1-4-12(14(17)19-7-9(2)3)21(18)8-10-5-6-11(20-10)13(15)16/h5-6,9,12H,4,7-8H2,1-3H3,(H,15,16). The molecule has 0 aliphatic heterocycles. The first-order valence-electron chi connectivity index (χ1n) is 6.71. The molecule has 0 spiro atoms.